The lowest BCUT2D eigenvalue weighted by molar-refractivity contribution is 0.0830. The number of benzene rings is 3. The fraction of sp³-hybridized carbons (Fsp3) is 0.296. The first kappa shape index (κ1) is 26.1. The summed E-state index contributed by atoms with van der Waals surface area (Å²) in [7, 11) is 5.33. The van der Waals surface area contributed by atoms with Crippen molar-refractivity contribution in [2.45, 2.75) is 25.1 Å². The Hall–Kier alpha value is -3.49. The van der Waals surface area contributed by atoms with Crippen LogP contribution < -0.4 is 20.3 Å². The summed E-state index contributed by atoms with van der Waals surface area (Å²) >= 11 is 0. The summed E-state index contributed by atoms with van der Waals surface area (Å²) in [6.07, 6.45) is -0.969. The van der Waals surface area contributed by atoms with Crippen LogP contribution in [-0.4, -0.2) is 50.9 Å². The van der Waals surface area contributed by atoms with E-state index in [0.717, 1.165) is 23.1 Å². The van der Waals surface area contributed by atoms with E-state index in [1.165, 1.54) is 12.1 Å². The summed E-state index contributed by atoms with van der Waals surface area (Å²) in [6.45, 7) is 0.617. The van der Waals surface area contributed by atoms with Gasteiger partial charge in [0.15, 0.2) is 0 Å². The standard InChI is InChI=1S/C27H31F2N3O3/c1-32(2)23-8-5-7-20(14-23)27(34)31-25(13-19-10-21(28)15-22(29)11-19)26(33)17-30-16-18-6-4-9-24(12-18)35-3/h4-12,14-15,25-26,30,33H,13,16-17H2,1-3H3,(H,31,34)/t25-,26-/m0/s1. The third-order valence-electron chi connectivity index (χ3n) is 5.60. The molecule has 3 rings (SSSR count). The number of aliphatic hydroxyl groups excluding tert-OH is 1. The van der Waals surface area contributed by atoms with Gasteiger partial charge >= 0.3 is 0 Å². The highest BCUT2D eigenvalue weighted by molar-refractivity contribution is 5.95. The molecule has 0 aliphatic carbocycles. The topological polar surface area (TPSA) is 73.8 Å². The van der Waals surface area contributed by atoms with E-state index in [1.54, 1.807) is 25.3 Å². The number of aliphatic hydroxyl groups is 1. The second-order valence-corrected chi connectivity index (χ2v) is 8.56. The molecule has 0 aromatic heterocycles. The van der Waals surface area contributed by atoms with E-state index in [-0.39, 0.29) is 18.9 Å². The Morgan fingerprint density at radius 1 is 1.00 bits per heavy atom. The lowest BCUT2D eigenvalue weighted by Gasteiger charge is -2.25. The summed E-state index contributed by atoms with van der Waals surface area (Å²) < 4.78 is 32.8. The molecule has 0 fully saturated rings. The number of halogens is 2. The van der Waals surface area contributed by atoms with E-state index in [0.29, 0.717) is 17.7 Å². The first-order valence-corrected chi connectivity index (χ1v) is 11.3. The average Bonchev–Trinajstić information content (AvgIpc) is 2.83. The molecule has 0 aliphatic heterocycles. The van der Waals surface area contributed by atoms with E-state index in [2.05, 4.69) is 10.6 Å². The van der Waals surface area contributed by atoms with E-state index in [1.807, 2.05) is 49.3 Å². The predicted octanol–water partition coefficient (Wildman–Crippen LogP) is 3.53. The molecule has 6 nitrogen and oxygen atoms in total. The molecule has 1 amide bonds. The second-order valence-electron chi connectivity index (χ2n) is 8.56. The molecule has 35 heavy (non-hydrogen) atoms. The largest absolute Gasteiger partial charge is 0.497 e. The molecule has 0 saturated carbocycles. The van der Waals surface area contributed by atoms with Crippen molar-refractivity contribution in [2.75, 3.05) is 32.6 Å². The molecule has 0 unspecified atom stereocenters. The van der Waals surface area contributed by atoms with Crippen LogP contribution in [0.25, 0.3) is 0 Å². The minimum Gasteiger partial charge on any atom is -0.497 e. The Balaban J connectivity index is 1.73. The van der Waals surface area contributed by atoms with E-state index in [9.17, 15) is 18.7 Å². The predicted molar refractivity (Wildman–Crippen MR) is 133 cm³/mol. The van der Waals surface area contributed by atoms with E-state index < -0.39 is 23.8 Å². The van der Waals surface area contributed by atoms with Gasteiger partial charge in [-0.1, -0.05) is 18.2 Å². The molecule has 0 saturated heterocycles. The fourth-order valence-corrected chi connectivity index (χ4v) is 3.73. The van der Waals surface area contributed by atoms with Crippen molar-refractivity contribution in [1.29, 1.82) is 0 Å². The van der Waals surface area contributed by atoms with Gasteiger partial charge in [0, 0.05) is 44.5 Å². The van der Waals surface area contributed by atoms with Gasteiger partial charge in [-0.2, -0.15) is 0 Å². The number of rotatable bonds is 11. The highest BCUT2D eigenvalue weighted by Crippen LogP contribution is 2.16. The molecule has 0 heterocycles. The molecular formula is C27H31F2N3O3. The Kier molecular flexibility index (Phi) is 9.17. The minimum absolute atomic E-state index is 0.0514. The van der Waals surface area contributed by atoms with Gasteiger partial charge in [-0.25, -0.2) is 8.78 Å². The lowest BCUT2D eigenvalue weighted by Crippen LogP contribution is -2.48. The van der Waals surface area contributed by atoms with Crippen LogP contribution in [0.5, 0.6) is 5.75 Å². The Morgan fingerprint density at radius 2 is 1.71 bits per heavy atom. The second kappa shape index (κ2) is 12.3. The minimum atomic E-state index is -1.02. The zero-order valence-corrected chi connectivity index (χ0v) is 20.1. The van der Waals surface area contributed by atoms with Crippen molar-refractivity contribution < 1.29 is 23.4 Å². The molecule has 186 valence electrons. The van der Waals surface area contributed by atoms with Gasteiger partial charge in [0.25, 0.3) is 5.91 Å². The summed E-state index contributed by atoms with van der Waals surface area (Å²) in [5, 5.41) is 16.9. The molecule has 2 atom stereocenters. The third-order valence-corrected chi connectivity index (χ3v) is 5.60. The molecule has 0 radical (unpaired) electrons. The fourth-order valence-electron chi connectivity index (χ4n) is 3.73. The summed E-state index contributed by atoms with van der Waals surface area (Å²) in [6, 6.07) is 17.0. The highest BCUT2D eigenvalue weighted by atomic mass is 19.1. The lowest BCUT2D eigenvalue weighted by atomic mass is 10.00. The zero-order valence-electron chi connectivity index (χ0n) is 20.1. The molecule has 3 aromatic carbocycles. The summed E-state index contributed by atoms with van der Waals surface area (Å²) in [5.74, 6) is -1.09. The van der Waals surface area contributed by atoms with Crippen molar-refractivity contribution in [3.8, 4) is 5.75 Å². The van der Waals surface area contributed by atoms with Gasteiger partial charge in [0.2, 0.25) is 0 Å². The summed E-state index contributed by atoms with van der Waals surface area (Å²) in [5.41, 5.74) is 2.57. The first-order chi connectivity index (χ1) is 16.7. The van der Waals surface area contributed by atoms with Crippen LogP contribution in [0, 0.1) is 11.6 Å². The molecule has 0 bridgehead atoms. The quantitative estimate of drug-likeness (QED) is 0.389. The molecule has 8 heteroatoms. The van der Waals surface area contributed by atoms with Crippen LogP contribution in [0.2, 0.25) is 0 Å². The van der Waals surface area contributed by atoms with E-state index in [4.69, 9.17) is 4.74 Å². The Morgan fingerprint density at radius 3 is 2.40 bits per heavy atom. The molecule has 0 spiro atoms. The number of amides is 1. The van der Waals surface area contributed by atoms with Crippen LogP contribution >= 0.6 is 0 Å². The van der Waals surface area contributed by atoms with E-state index >= 15 is 0 Å². The first-order valence-electron chi connectivity index (χ1n) is 11.3. The zero-order chi connectivity index (χ0) is 25.4. The van der Waals surface area contributed by atoms with Crippen LogP contribution in [0.15, 0.2) is 66.7 Å². The number of ether oxygens (including phenoxy) is 1. The van der Waals surface area contributed by atoms with Crippen molar-refractivity contribution in [3.63, 3.8) is 0 Å². The van der Waals surface area contributed by atoms with Crippen LogP contribution in [-0.2, 0) is 13.0 Å². The third kappa shape index (κ3) is 7.77. The van der Waals surface area contributed by atoms with Gasteiger partial charge < -0.3 is 25.4 Å². The van der Waals surface area contributed by atoms with Crippen molar-refractivity contribution in [2.24, 2.45) is 0 Å². The molecule has 3 aromatic rings. The van der Waals surface area contributed by atoms with Crippen molar-refractivity contribution >= 4 is 11.6 Å². The Bertz CT molecular complexity index is 1120. The van der Waals surface area contributed by atoms with Gasteiger partial charge in [-0.15, -0.1) is 0 Å². The maximum atomic E-state index is 13.8. The number of nitrogens with one attached hydrogen (secondary N) is 2. The number of methoxy groups -OCH3 is 1. The van der Waals surface area contributed by atoms with Crippen LogP contribution in [0.1, 0.15) is 21.5 Å². The van der Waals surface area contributed by atoms with Crippen molar-refractivity contribution in [3.05, 3.63) is 95.1 Å². The van der Waals surface area contributed by atoms with Gasteiger partial charge in [0.05, 0.1) is 19.3 Å². The van der Waals surface area contributed by atoms with Gasteiger partial charge in [-0.05, 0) is 60.0 Å². The normalized spacial score (nSPS) is 12.6. The average molecular weight is 484 g/mol. The number of hydrogen-bond donors (Lipinski definition) is 3. The van der Waals surface area contributed by atoms with Crippen LogP contribution in [0.4, 0.5) is 14.5 Å². The molecule has 0 aliphatic rings. The monoisotopic (exact) mass is 483 g/mol. The number of hydrogen-bond acceptors (Lipinski definition) is 5. The summed E-state index contributed by atoms with van der Waals surface area (Å²) in [4.78, 5) is 14.9. The highest BCUT2D eigenvalue weighted by Gasteiger charge is 2.23. The van der Waals surface area contributed by atoms with Gasteiger partial charge in [-0.3, -0.25) is 4.79 Å². The van der Waals surface area contributed by atoms with Gasteiger partial charge in [0.1, 0.15) is 17.4 Å². The maximum Gasteiger partial charge on any atom is 0.251 e. The maximum absolute atomic E-state index is 13.8. The molecule has 3 N–H and O–H groups in total. The van der Waals surface area contributed by atoms with Crippen molar-refractivity contribution in [1.82, 2.24) is 10.6 Å². The van der Waals surface area contributed by atoms with Crippen LogP contribution in [0.3, 0.4) is 0 Å². The number of anilines is 1. The number of nitrogens with zero attached hydrogens (tertiary/aromatic N) is 1. The number of carbonyl (C=O) groups excluding carboxylic acids is 1. The SMILES string of the molecule is COc1cccc(CNC[C@H](O)[C@H](Cc2cc(F)cc(F)c2)NC(=O)c2cccc(N(C)C)c2)c1. The molecular weight excluding hydrogens is 452 g/mol. The number of carbonyl (C=O) groups is 1. The Labute approximate surface area is 204 Å². The smallest absolute Gasteiger partial charge is 0.251 e.